The number of halogens is 1. The summed E-state index contributed by atoms with van der Waals surface area (Å²) in [5.74, 6) is -1.86. The molecule has 0 spiro atoms. The number of benzene rings is 1. The molecule has 0 aliphatic carbocycles. The van der Waals surface area contributed by atoms with Gasteiger partial charge in [0, 0.05) is 64.9 Å². The Kier molecular flexibility index (Phi) is 10.1. The fraction of sp³-hybridized carbons (Fsp3) is 0.682. The molecule has 2 unspecified atom stereocenters. The van der Waals surface area contributed by atoms with Gasteiger partial charge < -0.3 is 25.2 Å². The second-order valence-electron chi connectivity index (χ2n) is 8.04. The van der Waals surface area contributed by atoms with Gasteiger partial charge in [0.05, 0.1) is 32.3 Å². The lowest BCUT2D eigenvalue weighted by Gasteiger charge is -2.30. The van der Waals surface area contributed by atoms with Gasteiger partial charge in [0.25, 0.3) is 0 Å². The molecule has 1 aromatic carbocycles. The zero-order chi connectivity index (χ0) is 21.9. The molecule has 8 nitrogen and oxygen atoms in total. The molecular formula is C22H35FN4O4. The zero-order valence-corrected chi connectivity index (χ0v) is 18.1. The van der Waals surface area contributed by atoms with Crippen LogP contribution in [-0.4, -0.2) is 106 Å². The van der Waals surface area contributed by atoms with Gasteiger partial charge in [0.2, 0.25) is 0 Å². The van der Waals surface area contributed by atoms with E-state index in [1.807, 2.05) is 0 Å². The van der Waals surface area contributed by atoms with Gasteiger partial charge in [-0.05, 0) is 17.7 Å². The normalized spacial score (nSPS) is 20.4. The summed E-state index contributed by atoms with van der Waals surface area (Å²) in [7, 11) is 0. The molecule has 0 bridgehead atoms. The Morgan fingerprint density at radius 3 is 2.06 bits per heavy atom. The van der Waals surface area contributed by atoms with E-state index >= 15 is 0 Å². The average molecular weight is 439 g/mol. The molecule has 174 valence electrons. The Balaban J connectivity index is 1.56. The maximum Gasteiger partial charge on any atom is 0.309 e. The first kappa shape index (κ1) is 24.0. The molecule has 1 aromatic rings. The third-order valence-electron chi connectivity index (χ3n) is 5.92. The van der Waals surface area contributed by atoms with E-state index in [1.54, 1.807) is 12.1 Å². The molecule has 0 aromatic heterocycles. The standard InChI is InChI=1S/C22H35FN4O4/c23-19-3-1-18(2-4-19)21(25-6-8-27-11-15-31-16-12-27)20(22(28)29)17-24-5-7-26-9-13-30-14-10-26/h1-4,20-21,24-25H,5-17H2,(H,28,29). The van der Waals surface area contributed by atoms with Crippen LogP contribution in [0.25, 0.3) is 0 Å². The minimum Gasteiger partial charge on any atom is -0.481 e. The predicted molar refractivity (Wildman–Crippen MR) is 116 cm³/mol. The smallest absolute Gasteiger partial charge is 0.309 e. The molecule has 3 N–H and O–H groups in total. The molecule has 0 amide bonds. The highest BCUT2D eigenvalue weighted by Gasteiger charge is 2.29. The highest BCUT2D eigenvalue weighted by molar-refractivity contribution is 5.71. The lowest BCUT2D eigenvalue weighted by Crippen LogP contribution is -2.45. The van der Waals surface area contributed by atoms with Gasteiger partial charge in [-0.15, -0.1) is 0 Å². The molecule has 2 atom stereocenters. The number of carbonyl (C=O) groups is 1. The maximum atomic E-state index is 13.4. The van der Waals surface area contributed by atoms with Crippen LogP contribution >= 0.6 is 0 Å². The molecule has 2 saturated heterocycles. The topological polar surface area (TPSA) is 86.3 Å². The van der Waals surface area contributed by atoms with Crippen LogP contribution < -0.4 is 10.6 Å². The van der Waals surface area contributed by atoms with Crippen molar-refractivity contribution in [3.63, 3.8) is 0 Å². The van der Waals surface area contributed by atoms with E-state index in [9.17, 15) is 14.3 Å². The second kappa shape index (κ2) is 13.0. The maximum absolute atomic E-state index is 13.4. The first-order valence-corrected chi connectivity index (χ1v) is 11.2. The highest BCUT2D eigenvalue weighted by atomic mass is 19.1. The summed E-state index contributed by atoms with van der Waals surface area (Å²) in [4.78, 5) is 16.7. The van der Waals surface area contributed by atoms with Gasteiger partial charge in [-0.25, -0.2) is 4.39 Å². The van der Waals surface area contributed by atoms with E-state index in [-0.39, 0.29) is 5.82 Å². The fourth-order valence-corrected chi connectivity index (χ4v) is 4.03. The van der Waals surface area contributed by atoms with E-state index in [2.05, 4.69) is 20.4 Å². The molecular weight excluding hydrogens is 403 g/mol. The summed E-state index contributed by atoms with van der Waals surface area (Å²) in [5.41, 5.74) is 0.783. The summed E-state index contributed by atoms with van der Waals surface area (Å²) >= 11 is 0. The molecule has 9 heteroatoms. The number of aliphatic carboxylic acids is 1. The van der Waals surface area contributed by atoms with E-state index in [0.29, 0.717) is 19.6 Å². The highest BCUT2D eigenvalue weighted by Crippen LogP contribution is 2.23. The Bertz CT molecular complexity index is 651. The molecule has 2 fully saturated rings. The number of morpholine rings is 2. The molecule has 2 heterocycles. The minimum atomic E-state index is -0.868. The van der Waals surface area contributed by atoms with Gasteiger partial charge >= 0.3 is 5.97 Å². The predicted octanol–water partition coefficient (Wildman–Crippen LogP) is 0.411. The van der Waals surface area contributed by atoms with Crippen molar-refractivity contribution in [1.29, 1.82) is 0 Å². The van der Waals surface area contributed by atoms with Crippen LogP contribution in [0, 0.1) is 11.7 Å². The van der Waals surface area contributed by atoms with Crippen LogP contribution in [0.15, 0.2) is 24.3 Å². The van der Waals surface area contributed by atoms with Gasteiger partial charge in [0.15, 0.2) is 0 Å². The van der Waals surface area contributed by atoms with Crippen LogP contribution in [-0.2, 0) is 14.3 Å². The number of hydrogen-bond acceptors (Lipinski definition) is 7. The third-order valence-corrected chi connectivity index (χ3v) is 5.92. The Morgan fingerprint density at radius 1 is 0.968 bits per heavy atom. The van der Waals surface area contributed by atoms with Crippen molar-refractivity contribution < 1.29 is 23.8 Å². The van der Waals surface area contributed by atoms with Crippen LogP contribution in [0.3, 0.4) is 0 Å². The SMILES string of the molecule is O=C(O)C(CNCCN1CCOCC1)C(NCCN1CCOCC1)c1ccc(F)cc1. The Hall–Kier alpha value is -1.62. The first-order chi connectivity index (χ1) is 15.1. The van der Waals surface area contributed by atoms with Crippen molar-refractivity contribution in [2.45, 2.75) is 6.04 Å². The van der Waals surface area contributed by atoms with E-state index in [1.165, 1.54) is 12.1 Å². The summed E-state index contributed by atoms with van der Waals surface area (Å²) in [6.07, 6.45) is 0. The van der Waals surface area contributed by atoms with Crippen LogP contribution in [0.1, 0.15) is 11.6 Å². The van der Waals surface area contributed by atoms with Gasteiger partial charge in [-0.2, -0.15) is 0 Å². The number of carboxylic acids is 1. The number of hydrogen-bond donors (Lipinski definition) is 3. The van der Waals surface area contributed by atoms with E-state index < -0.39 is 17.9 Å². The van der Waals surface area contributed by atoms with Crippen molar-refractivity contribution >= 4 is 5.97 Å². The summed E-state index contributed by atoms with van der Waals surface area (Å²) < 4.78 is 24.2. The number of nitrogens with zero attached hydrogens (tertiary/aromatic N) is 2. The molecule has 0 saturated carbocycles. The van der Waals surface area contributed by atoms with Crippen molar-refractivity contribution in [2.24, 2.45) is 5.92 Å². The number of nitrogens with one attached hydrogen (secondary N) is 2. The van der Waals surface area contributed by atoms with Gasteiger partial charge in [-0.1, -0.05) is 12.1 Å². The number of carboxylic acid groups (broad SMARTS) is 1. The lowest BCUT2D eigenvalue weighted by molar-refractivity contribution is -0.142. The molecule has 2 aliphatic heterocycles. The van der Waals surface area contributed by atoms with Crippen molar-refractivity contribution in [2.75, 3.05) is 85.3 Å². The molecule has 0 radical (unpaired) electrons. The first-order valence-electron chi connectivity index (χ1n) is 11.2. The third kappa shape index (κ3) is 8.10. The second-order valence-corrected chi connectivity index (χ2v) is 8.04. The zero-order valence-electron chi connectivity index (χ0n) is 18.1. The Morgan fingerprint density at radius 2 is 1.52 bits per heavy atom. The van der Waals surface area contributed by atoms with Gasteiger partial charge in [0.1, 0.15) is 5.82 Å². The summed E-state index contributed by atoms with van der Waals surface area (Å²) in [6.45, 7) is 9.92. The summed E-state index contributed by atoms with van der Waals surface area (Å²) in [6, 6.07) is 5.71. The van der Waals surface area contributed by atoms with Crippen LogP contribution in [0.4, 0.5) is 4.39 Å². The molecule has 2 aliphatic rings. The number of rotatable bonds is 12. The monoisotopic (exact) mass is 438 g/mol. The fourth-order valence-electron chi connectivity index (χ4n) is 4.03. The van der Waals surface area contributed by atoms with Gasteiger partial charge in [-0.3, -0.25) is 14.6 Å². The quantitative estimate of drug-likeness (QED) is 0.405. The van der Waals surface area contributed by atoms with Crippen molar-refractivity contribution in [3.05, 3.63) is 35.6 Å². The minimum absolute atomic E-state index is 0.327. The Labute approximate surface area is 183 Å². The van der Waals surface area contributed by atoms with Crippen molar-refractivity contribution in [3.8, 4) is 0 Å². The van der Waals surface area contributed by atoms with Crippen LogP contribution in [0.5, 0.6) is 0 Å². The largest absolute Gasteiger partial charge is 0.481 e. The van der Waals surface area contributed by atoms with Crippen LogP contribution in [0.2, 0.25) is 0 Å². The summed E-state index contributed by atoms with van der Waals surface area (Å²) in [5, 5.41) is 16.7. The molecule has 31 heavy (non-hydrogen) atoms. The molecule has 3 rings (SSSR count). The van der Waals surface area contributed by atoms with Crippen molar-refractivity contribution in [1.82, 2.24) is 20.4 Å². The lowest BCUT2D eigenvalue weighted by atomic mass is 9.92. The number of ether oxygens (including phenoxy) is 2. The average Bonchev–Trinajstić information content (AvgIpc) is 2.79. The van der Waals surface area contributed by atoms with E-state index in [4.69, 9.17) is 9.47 Å². The van der Waals surface area contributed by atoms with E-state index in [0.717, 1.165) is 71.3 Å².